The zero-order chi connectivity index (χ0) is 16.7. The van der Waals surface area contributed by atoms with Crippen LogP contribution in [0.1, 0.15) is 29.2 Å². The van der Waals surface area contributed by atoms with E-state index in [9.17, 15) is 0 Å². The average molecular weight is 322 g/mol. The second-order valence-corrected chi connectivity index (χ2v) is 8.26. The van der Waals surface area contributed by atoms with Gasteiger partial charge in [-0.1, -0.05) is 91.9 Å². The van der Waals surface area contributed by atoms with E-state index in [0.717, 1.165) is 5.92 Å². The third-order valence-corrected chi connectivity index (χ3v) is 7.92. The highest BCUT2D eigenvalue weighted by molar-refractivity contribution is 5.72. The van der Waals surface area contributed by atoms with Crippen molar-refractivity contribution in [3.05, 3.63) is 107 Å². The summed E-state index contributed by atoms with van der Waals surface area (Å²) < 4.78 is 0. The van der Waals surface area contributed by atoms with Gasteiger partial charge in [-0.3, -0.25) is 0 Å². The van der Waals surface area contributed by atoms with Gasteiger partial charge in [-0.15, -0.1) is 0 Å². The third-order valence-electron chi connectivity index (χ3n) is 7.92. The van der Waals surface area contributed by atoms with E-state index < -0.39 is 0 Å². The van der Waals surface area contributed by atoms with E-state index in [-0.39, 0.29) is 5.41 Å². The van der Waals surface area contributed by atoms with Gasteiger partial charge >= 0.3 is 0 Å². The molecule has 3 aliphatic rings. The first-order valence-electron chi connectivity index (χ1n) is 9.47. The smallest absolute Gasteiger partial charge is 0.0170 e. The van der Waals surface area contributed by atoms with E-state index in [4.69, 9.17) is 0 Å². The van der Waals surface area contributed by atoms with Gasteiger partial charge in [0.25, 0.3) is 0 Å². The Kier molecular flexibility index (Phi) is 2.36. The van der Waals surface area contributed by atoms with Crippen LogP contribution in [0.25, 0.3) is 0 Å². The SMILES string of the molecule is C[C@H]1[C@]23Cc4ccccc4C[C@@]2(c2ccccc2)[C@@]13c1ccccc1. The maximum absolute atomic E-state index is 2.49. The molecule has 122 valence electrons. The van der Waals surface area contributed by atoms with E-state index >= 15 is 0 Å². The molecule has 0 saturated heterocycles. The zero-order valence-corrected chi connectivity index (χ0v) is 14.6. The second-order valence-electron chi connectivity index (χ2n) is 8.26. The van der Waals surface area contributed by atoms with Gasteiger partial charge in [0.2, 0.25) is 0 Å². The Balaban J connectivity index is 1.62. The quantitative estimate of drug-likeness (QED) is 0.600. The van der Waals surface area contributed by atoms with Crippen LogP contribution in [0.15, 0.2) is 84.9 Å². The average Bonchev–Trinajstić information content (AvgIpc) is 3.47. The van der Waals surface area contributed by atoms with Crippen molar-refractivity contribution in [2.75, 3.05) is 0 Å². The molecule has 3 aromatic carbocycles. The van der Waals surface area contributed by atoms with Crippen LogP contribution < -0.4 is 0 Å². The van der Waals surface area contributed by atoms with Gasteiger partial charge in [0.1, 0.15) is 0 Å². The zero-order valence-electron chi connectivity index (χ0n) is 14.6. The predicted molar refractivity (Wildman–Crippen MR) is 102 cm³/mol. The lowest BCUT2D eigenvalue weighted by atomic mass is 9.64. The Labute approximate surface area is 149 Å². The lowest BCUT2D eigenvalue weighted by molar-refractivity contribution is 0.300. The van der Waals surface area contributed by atoms with E-state index in [2.05, 4.69) is 91.9 Å². The molecule has 3 aliphatic carbocycles. The third kappa shape index (κ3) is 1.26. The first-order valence-corrected chi connectivity index (χ1v) is 9.47. The van der Waals surface area contributed by atoms with Crippen LogP contribution in [-0.2, 0) is 23.7 Å². The summed E-state index contributed by atoms with van der Waals surface area (Å²) >= 11 is 0. The fraction of sp³-hybridized carbons (Fsp3) is 0.280. The molecule has 0 aromatic heterocycles. The highest BCUT2D eigenvalue weighted by atomic mass is 15.0. The molecule has 2 fully saturated rings. The summed E-state index contributed by atoms with van der Waals surface area (Å²) in [5.74, 6) is 0.760. The monoisotopic (exact) mass is 322 g/mol. The van der Waals surface area contributed by atoms with Gasteiger partial charge in [-0.05, 0) is 46.4 Å². The van der Waals surface area contributed by atoms with Crippen molar-refractivity contribution in [1.82, 2.24) is 0 Å². The molecular weight excluding hydrogens is 300 g/mol. The van der Waals surface area contributed by atoms with Gasteiger partial charge < -0.3 is 0 Å². The van der Waals surface area contributed by atoms with E-state index in [0.29, 0.717) is 10.8 Å². The largest absolute Gasteiger partial charge is 0.0622 e. The van der Waals surface area contributed by atoms with Crippen molar-refractivity contribution in [2.24, 2.45) is 11.3 Å². The van der Waals surface area contributed by atoms with Crippen molar-refractivity contribution in [1.29, 1.82) is 0 Å². The number of hydrogen-bond donors (Lipinski definition) is 0. The van der Waals surface area contributed by atoms with Crippen molar-refractivity contribution >= 4 is 0 Å². The molecule has 0 heteroatoms. The van der Waals surface area contributed by atoms with E-state index in [1.165, 1.54) is 12.8 Å². The lowest BCUT2D eigenvalue weighted by Crippen LogP contribution is -2.38. The summed E-state index contributed by atoms with van der Waals surface area (Å²) in [7, 11) is 0. The maximum atomic E-state index is 2.49. The van der Waals surface area contributed by atoms with Gasteiger partial charge in [-0.2, -0.15) is 0 Å². The van der Waals surface area contributed by atoms with E-state index in [1.54, 1.807) is 22.3 Å². The van der Waals surface area contributed by atoms with Crippen LogP contribution in [0, 0.1) is 11.3 Å². The minimum absolute atomic E-state index is 0.288. The number of rotatable bonds is 2. The molecule has 0 aliphatic heterocycles. The highest BCUT2D eigenvalue weighted by Crippen LogP contribution is 3.01. The van der Waals surface area contributed by atoms with Crippen molar-refractivity contribution in [3.8, 4) is 0 Å². The summed E-state index contributed by atoms with van der Waals surface area (Å²) in [5.41, 5.74) is 7.27. The fourth-order valence-corrected chi connectivity index (χ4v) is 7.14. The highest BCUT2D eigenvalue weighted by Gasteiger charge is 3.03. The molecule has 2 saturated carbocycles. The topological polar surface area (TPSA) is 0 Å². The van der Waals surface area contributed by atoms with Gasteiger partial charge in [0, 0.05) is 10.8 Å². The second kappa shape index (κ2) is 4.25. The van der Waals surface area contributed by atoms with Crippen molar-refractivity contribution in [3.63, 3.8) is 0 Å². The molecular formula is C25H22. The van der Waals surface area contributed by atoms with Crippen LogP contribution in [-0.4, -0.2) is 0 Å². The Hall–Kier alpha value is -2.34. The molecule has 0 N–H and O–H groups in total. The summed E-state index contributed by atoms with van der Waals surface area (Å²) in [5, 5.41) is 0. The summed E-state index contributed by atoms with van der Waals surface area (Å²) in [6, 6.07) is 31.8. The van der Waals surface area contributed by atoms with Crippen LogP contribution in [0.2, 0.25) is 0 Å². The predicted octanol–water partition coefficient (Wildman–Crippen LogP) is 5.31. The summed E-state index contributed by atoms with van der Waals surface area (Å²) in [6.45, 7) is 2.49. The van der Waals surface area contributed by atoms with Crippen molar-refractivity contribution < 1.29 is 0 Å². The van der Waals surface area contributed by atoms with Crippen LogP contribution in [0.4, 0.5) is 0 Å². The number of fused-ring (bicyclic) bond motifs is 2. The molecule has 0 radical (unpaired) electrons. The van der Waals surface area contributed by atoms with Crippen LogP contribution in [0.5, 0.6) is 0 Å². The molecule has 0 bridgehead atoms. The summed E-state index contributed by atoms with van der Waals surface area (Å²) in [4.78, 5) is 0. The molecule has 1 spiro atoms. The number of hydrogen-bond acceptors (Lipinski definition) is 0. The summed E-state index contributed by atoms with van der Waals surface area (Å²) in [6.07, 6.45) is 2.42. The Morgan fingerprint density at radius 3 is 1.80 bits per heavy atom. The van der Waals surface area contributed by atoms with Crippen LogP contribution in [0.3, 0.4) is 0 Å². The molecule has 3 aromatic rings. The molecule has 6 rings (SSSR count). The molecule has 0 heterocycles. The van der Waals surface area contributed by atoms with Gasteiger partial charge in [0.05, 0.1) is 0 Å². The number of benzene rings is 3. The van der Waals surface area contributed by atoms with Crippen LogP contribution >= 0.6 is 0 Å². The minimum Gasteiger partial charge on any atom is -0.0622 e. The van der Waals surface area contributed by atoms with Gasteiger partial charge in [-0.25, -0.2) is 0 Å². The Bertz CT molecular complexity index is 973. The molecule has 0 nitrogen and oxygen atoms in total. The molecule has 0 unspecified atom stereocenters. The lowest BCUT2D eigenvalue weighted by Gasteiger charge is -2.39. The fourth-order valence-electron chi connectivity index (χ4n) is 7.14. The van der Waals surface area contributed by atoms with E-state index in [1.807, 2.05) is 0 Å². The molecule has 4 atom stereocenters. The Morgan fingerprint density at radius 2 is 1.16 bits per heavy atom. The minimum atomic E-state index is 0.288. The molecule has 0 amide bonds. The first-order chi connectivity index (χ1) is 12.3. The van der Waals surface area contributed by atoms with Gasteiger partial charge in [0.15, 0.2) is 0 Å². The maximum Gasteiger partial charge on any atom is 0.0170 e. The normalized spacial score (nSPS) is 36.8. The van der Waals surface area contributed by atoms with Crippen molar-refractivity contribution in [2.45, 2.75) is 30.6 Å². The first kappa shape index (κ1) is 13.9. The standard InChI is InChI=1S/C25H22/c1-18-23-16-19-10-8-9-11-20(19)17-24(23,21-12-4-2-5-13-21)25(18,23)22-14-6-3-7-15-22/h2-15,18H,16-17H2,1H3/t18-,23+,24-,25+/m0/s1. The molecule has 25 heavy (non-hydrogen) atoms. The Morgan fingerprint density at radius 1 is 0.640 bits per heavy atom.